The Kier molecular flexibility index (Phi) is 4.85. The van der Waals surface area contributed by atoms with Crippen LogP contribution in [0.2, 0.25) is 0 Å². The molecule has 0 saturated carbocycles. The van der Waals surface area contributed by atoms with Gasteiger partial charge in [-0.05, 0) is 23.3 Å². The van der Waals surface area contributed by atoms with E-state index in [1.807, 2.05) is 30.3 Å². The lowest BCUT2D eigenvalue weighted by molar-refractivity contribution is -0.151. The van der Waals surface area contributed by atoms with Gasteiger partial charge in [0.25, 0.3) is 0 Å². The molecule has 0 aliphatic carbocycles. The van der Waals surface area contributed by atoms with Crippen molar-refractivity contribution < 1.29 is 19.0 Å². The minimum Gasteiger partial charge on any atom is -0.479 e. The molecule has 0 aromatic heterocycles. The Morgan fingerprint density at radius 3 is 2.30 bits per heavy atom. The second-order valence-electron chi connectivity index (χ2n) is 4.45. The lowest BCUT2D eigenvalue weighted by Gasteiger charge is -2.14. The third-order valence-corrected chi connectivity index (χ3v) is 2.90. The number of carboxylic acids is 1. The van der Waals surface area contributed by atoms with Crippen LogP contribution in [0.4, 0.5) is 4.39 Å². The van der Waals surface area contributed by atoms with Gasteiger partial charge in [0.1, 0.15) is 5.82 Å². The Morgan fingerprint density at radius 2 is 1.70 bits per heavy atom. The molecule has 1 atom stereocenters. The molecule has 0 bridgehead atoms. The zero-order valence-electron chi connectivity index (χ0n) is 10.8. The number of ether oxygens (including phenoxy) is 1. The maximum atomic E-state index is 12.8. The van der Waals surface area contributed by atoms with E-state index in [4.69, 9.17) is 9.84 Å². The molecule has 3 nitrogen and oxygen atoms in total. The molecule has 0 saturated heterocycles. The van der Waals surface area contributed by atoms with Crippen molar-refractivity contribution in [3.63, 3.8) is 0 Å². The number of carboxylic acid groups (broad SMARTS) is 1. The minimum absolute atomic E-state index is 0.211. The van der Waals surface area contributed by atoms with Crippen molar-refractivity contribution in [1.82, 2.24) is 0 Å². The highest BCUT2D eigenvalue weighted by atomic mass is 19.1. The van der Waals surface area contributed by atoms with Gasteiger partial charge in [-0.2, -0.15) is 0 Å². The lowest BCUT2D eigenvalue weighted by atomic mass is 10.1. The van der Waals surface area contributed by atoms with Gasteiger partial charge in [0.15, 0.2) is 6.10 Å². The molecule has 0 amide bonds. The zero-order chi connectivity index (χ0) is 14.4. The molecule has 0 aliphatic rings. The molecule has 0 unspecified atom stereocenters. The van der Waals surface area contributed by atoms with E-state index in [9.17, 15) is 9.18 Å². The van der Waals surface area contributed by atoms with Crippen molar-refractivity contribution in [1.29, 1.82) is 0 Å². The van der Waals surface area contributed by atoms with Crippen LogP contribution in [-0.2, 0) is 22.6 Å². The van der Waals surface area contributed by atoms with Crippen molar-refractivity contribution >= 4 is 5.97 Å². The van der Waals surface area contributed by atoms with E-state index >= 15 is 0 Å². The van der Waals surface area contributed by atoms with E-state index in [-0.39, 0.29) is 18.8 Å². The predicted molar refractivity (Wildman–Crippen MR) is 72.8 cm³/mol. The van der Waals surface area contributed by atoms with Gasteiger partial charge >= 0.3 is 5.97 Å². The standard InChI is InChI=1S/C16H15FO3/c17-14-8-6-12(7-9-14)10-15(16(18)19)20-11-13-4-2-1-3-5-13/h1-9,15H,10-11H2,(H,18,19)/t15-/m1/s1. The number of carbonyl (C=O) groups is 1. The maximum absolute atomic E-state index is 12.8. The summed E-state index contributed by atoms with van der Waals surface area (Å²) in [5.41, 5.74) is 1.64. The van der Waals surface area contributed by atoms with Crippen LogP contribution in [0.15, 0.2) is 54.6 Å². The number of rotatable bonds is 6. The molecule has 2 aromatic carbocycles. The smallest absolute Gasteiger partial charge is 0.333 e. The molecular weight excluding hydrogens is 259 g/mol. The number of halogens is 1. The average Bonchev–Trinajstić information content (AvgIpc) is 2.46. The Bertz CT molecular complexity index is 552. The summed E-state index contributed by atoms with van der Waals surface area (Å²) >= 11 is 0. The molecule has 0 aliphatic heterocycles. The minimum atomic E-state index is -1.02. The van der Waals surface area contributed by atoms with E-state index in [0.717, 1.165) is 11.1 Å². The molecule has 0 radical (unpaired) electrons. The molecule has 104 valence electrons. The van der Waals surface area contributed by atoms with E-state index < -0.39 is 12.1 Å². The number of benzene rings is 2. The Balaban J connectivity index is 1.97. The van der Waals surface area contributed by atoms with Crippen LogP contribution in [0.3, 0.4) is 0 Å². The Hall–Kier alpha value is -2.20. The summed E-state index contributed by atoms with van der Waals surface area (Å²) in [6.45, 7) is 0.235. The van der Waals surface area contributed by atoms with E-state index in [1.165, 1.54) is 12.1 Å². The van der Waals surface area contributed by atoms with Gasteiger partial charge in [0.05, 0.1) is 6.61 Å². The van der Waals surface area contributed by atoms with Gasteiger partial charge in [0, 0.05) is 6.42 Å². The fraction of sp³-hybridized carbons (Fsp3) is 0.188. The molecule has 0 heterocycles. The Labute approximate surface area is 116 Å². The van der Waals surface area contributed by atoms with Gasteiger partial charge in [-0.1, -0.05) is 42.5 Å². The van der Waals surface area contributed by atoms with Gasteiger partial charge in [-0.15, -0.1) is 0 Å². The van der Waals surface area contributed by atoms with E-state index in [2.05, 4.69) is 0 Å². The van der Waals surface area contributed by atoms with E-state index in [0.29, 0.717) is 0 Å². The first-order valence-corrected chi connectivity index (χ1v) is 6.28. The Morgan fingerprint density at radius 1 is 1.05 bits per heavy atom. The van der Waals surface area contributed by atoms with Crippen LogP contribution in [0.5, 0.6) is 0 Å². The second-order valence-corrected chi connectivity index (χ2v) is 4.45. The van der Waals surface area contributed by atoms with Crippen LogP contribution in [0.1, 0.15) is 11.1 Å². The van der Waals surface area contributed by atoms with Crippen LogP contribution in [-0.4, -0.2) is 17.2 Å². The van der Waals surface area contributed by atoms with Gasteiger partial charge < -0.3 is 9.84 Å². The molecule has 1 N–H and O–H groups in total. The van der Waals surface area contributed by atoms with Crippen molar-refractivity contribution in [2.24, 2.45) is 0 Å². The van der Waals surface area contributed by atoms with Gasteiger partial charge in [0.2, 0.25) is 0 Å². The first kappa shape index (κ1) is 14.2. The normalized spacial score (nSPS) is 12.1. The van der Waals surface area contributed by atoms with Gasteiger partial charge in [-0.25, -0.2) is 9.18 Å². The van der Waals surface area contributed by atoms with Crippen LogP contribution in [0.25, 0.3) is 0 Å². The van der Waals surface area contributed by atoms with E-state index in [1.54, 1.807) is 12.1 Å². The summed E-state index contributed by atoms with van der Waals surface area (Å²) in [4.78, 5) is 11.2. The zero-order valence-corrected chi connectivity index (χ0v) is 10.8. The highest BCUT2D eigenvalue weighted by Gasteiger charge is 2.18. The number of hydrogen-bond donors (Lipinski definition) is 1. The largest absolute Gasteiger partial charge is 0.479 e. The second kappa shape index (κ2) is 6.82. The number of aliphatic carboxylic acids is 1. The summed E-state index contributed by atoms with van der Waals surface area (Å²) in [7, 11) is 0. The highest BCUT2D eigenvalue weighted by Crippen LogP contribution is 2.11. The fourth-order valence-electron chi connectivity index (χ4n) is 1.82. The molecule has 20 heavy (non-hydrogen) atoms. The molecule has 4 heteroatoms. The first-order chi connectivity index (χ1) is 9.65. The highest BCUT2D eigenvalue weighted by molar-refractivity contribution is 5.72. The summed E-state index contributed by atoms with van der Waals surface area (Å²) in [5.74, 6) is -1.36. The van der Waals surface area contributed by atoms with Crippen LogP contribution >= 0.6 is 0 Å². The van der Waals surface area contributed by atoms with Crippen molar-refractivity contribution in [2.75, 3.05) is 0 Å². The summed E-state index contributed by atoms with van der Waals surface area (Å²) < 4.78 is 18.2. The third-order valence-electron chi connectivity index (χ3n) is 2.90. The molecule has 0 fully saturated rings. The molecule has 2 aromatic rings. The first-order valence-electron chi connectivity index (χ1n) is 6.28. The van der Waals surface area contributed by atoms with Gasteiger partial charge in [-0.3, -0.25) is 0 Å². The number of hydrogen-bond acceptors (Lipinski definition) is 2. The van der Waals surface area contributed by atoms with Crippen LogP contribution in [0, 0.1) is 5.82 Å². The average molecular weight is 274 g/mol. The lowest BCUT2D eigenvalue weighted by Crippen LogP contribution is -2.26. The topological polar surface area (TPSA) is 46.5 Å². The monoisotopic (exact) mass is 274 g/mol. The third kappa shape index (κ3) is 4.17. The van der Waals surface area contributed by atoms with Crippen molar-refractivity contribution in [2.45, 2.75) is 19.1 Å². The quantitative estimate of drug-likeness (QED) is 0.880. The summed E-state index contributed by atoms with van der Waals surface area (Å²) in [5, 5.41) is 9.17. The summed E-state index contributed by atoms with van der Waals surface area (Å²) in [6.07, 6.45) is -0.733. The molecule has 0 spiro atoms. The molecular formula is C16H15FO3. The predicted octanol–water partition coefficient (Wildman–Crippen LogP) is 3.04. The fourth-order valence-corrected chi connectivity index (χ4v) is 1.82. The van der Waals surface area contributed by atoms with Crippen molar-refractivity contribution in [3.05, 3.63) is 71.5 Å². The van der Waals surface area contributed by atoms with Crippen LogP contribution < -0.4 is 0 Å². The SMILES string of the molecule is O=C(O)[C@@H](Cc1ccc(F)cc1)OCc1ccccc1. The summed E-state index contributed by atoms with van der Waals surface area (Å²) in [6, 6.07) is 15.1. The maximum Gasteiger partial charge on any atom is 0.333 e. The molecule has 2 rings (SSSR count). The van der Waals surface area contributed by atoms with Crippen molar-refractivity contribution in [3.8, 4) is 0 Å².